The van der Waals surface area contributed by atoms with Gasteiger partial charge in [-0.25, -0.2) is 18.1 Å². The van der Waals surface area contributed by atoms with E-state index in [0.717, 1.165) is 16.9 Å². The number of imidazole rings is 1. The van der Waals surface area contributed by atoms with Crippen molar-refractivity contribution in [1.82, 2.24) is 24.3 Å². The van der Waals surface area contributed by atoms with Crippen LogP contribution in [0.5, 0.6) is 0 Å². The Morgan fingerprint density at radius 2 is 1.84 bits per heavy atom. The van der Waals surface area contributed by atoms with E-state index in [4.69, 9.17) is 11.6 Å². The number of benzene rings is 1. The van der Waals surface area contributed by atoms with Gasteiger partial charge in [-0.15, -0.1) is 0 Å². The Morgan fingerprint density at radius 1 is 1.16 bits per heavy atom. The topological polar surface area (TPSA) is 82.7 Å². The molecule has 0 N–H and O–H groups in total. The van der Waals surface area contributed by atoms with Gasteiger partial charge in [0.05, 0.1) is 11.3 Å². The molecule has 0 amide bonds. The SMILES string of the molecule is CCS(=O)(=O)c1c(-n2cc3cnc(C(F)(F)F)cc3n2)nc(-c2ccc(Cl)cc2)n1C. The fourth-order valence-corrected chi connectivity index (χ4v) is 4.46. The molecule has 0 aliphatic rings. The Bertz CT molecular complexity index is 1390. The van der Waals surface area contributed by atoms with E-state index in [1.165, 1.54) is 17.7 Å². The van der Waals surface area contributed by atoms with Crippen LogP contribution < -0.4 is 0 Å². The molecule has 7 nitrogen and oxygen atoms in total. The van der Waals surface area contributed by atoms with Crippen molar-refractivity contribution in [2.45, 2.75) is 18.1 Å². The number of rotatable bonds is 4. The summed E-state index contributed by atoms with van der Waals surface area (Å²) in [4.78, 5) is 7.88. The van der Waals surface area contributed by atoms with E-state index < -0.39 is 21.7 Å². The van der Waals surface area contributed by atoms with E-state index in [2.05, 4.69) is 15.1 Å². The highest BCUT2D eigenvalue weighted by atomic mass is 35.5. The molecule has 31 heavy (non-hydrogen) atoms. The number of aromatic nitrogens is 5. The fraction of sp³-hybridized carbons (Fsp3) is 0.211. The molecule has 0 spiro atoms. The second-order valence-electron chi connectivity index (χ2n) is 6.73. The number of pyridine rings is 1. The molecule has 1 aromatic carbocycles. The Labute approximate surface area is 180 Å². The number of hydrogen-bond acceptors (Lipinski definition) is 5. The van der Waals surface area contributed by atoms with Crippen LogP contribution in [0.1, 0.15) is 12.6 Å². The van der Waals surface area contributed by atoms with Crippen molar-refractivity contribution in [3.8, 4) is 17.2 Å². The third-order valence-electron chi connectivity index (χ3n) is 4.70. The van der Waals surface area contributed by atoms with Crippen molar-refractivity contribution >= 4 is 32.3 Å². The number of halogens is 4. The van der Waals surface area contributed by atoms with Crippen molar-refractivity contribution in [3.63, 3.8) is 0 Å². The first-order valence-electron chi connectivity index (χ1n) is 8.99. The van der Waals surface area contributed by atoms with Crippen molar-refractivity contribution < 1.29 is 21.6 Å². The number of nitrogens with zero attached hydrogens (tertiary/aromatic N) is 5. The highest BCUT2D eigenvalue weighted by Gasteiger charge is 2.33. The van der Waals surface area contributed by atoms with Crippen LogP contribution in [-0.4, -0.2) is 38.5 Å². The molecule has 0 unspecified atom stereocenters. The first-order chi connectivity index (χ1) is 14.5. The van der Waals surface area contributed by atoms with Crippen molar-refractivity contribution in [3.05, 3.63) is 53.4 Å². The summed E-state index contributed by atoms with van der Waals surface area (Å²) >= 11 is 5.93. The zero-order valence-electron chi connectivity index (χ0n) is 16.2. The molecule has 0 atom stereocenters. The number of alkyl halides is 3. The number of sulfone groups is 1. The summed E-state index contributed by atoms with van der Waals surface area (Å²) < 4.78 is 67.2. The minimum atomic E-state index is -4.62. The molecular formula is C19H15ClF3N5O2S. The Balaban J connectivity index is 1.95. The maximum Gasteiger partial charge on any atom is 0.433 e. The summed E-state index contributed by atoms with van der Waals surface area (Å²) in [6.07, 6.45) is -2.19. The molecule has 3 heterocycles. The van der Waals surface area contributed by atoms with Gasteiger partial charge in [-0.05, 0) is 30.3 Å². The first-order valence-corrected chi connectivity index (χ1v) is 11.0. The lowest BCUT2D eigenvalue weighted by Crippen LogP contribution is -2.13. The van der Waals surface area contributed by atoms with Crippen molar-refractivity contribution in [2.24, 2.45) is 7.05 Å². The van der Waals surface area contributed by atoms with Gasteiger partial charge in [0.1, 0.15) is 11.5 Å². The largest absolute Gasteiger partial charge is 0.433 e. The van der Waals surface area contributed by atoms with E-state index in [9.17, 15) is 21.6 Å². The monoisotopic (exact) mass is 469 g/mol. The second-order valence-corrected chi connectivity index (χ2v) is 9.36. The van der Waals surface area contributed by atoms with Gasteiger partial charge >= 0.3 is 6.18 Å². The maximum absolute atomic E-state index is 13.0. The van der Waals surface area contributed by atoms with Crippen LogP contribution >= 0.6 is 11.6 Å². The second kappa shape index (κ2) is 7.34. The van der Waals surface area contributed by atoms with Gasteiger partial charge in [-0.2, -0.15) is 18.3 Å². The molecule has 0 aliphatic heterocycles. The van der Waals surface area contributed by atoms with E-state index in [0.29, 0.717) is 21.8 Å². The van der Waals surface area contributed by atoms with Gasteiger partial charge in [-0.1, -0.05) is 18.5 Å². The maximum atomic E-state index is 13.0. The standard InChI is InChI=1S/C19H15ClF3N5O2S/c1-3-31(29,30)18-17(25-16(27(18)2)11-4-6-13(20)7-5-11)28-10-12-9-24-15(19(21,22)23)8-14(12)26-28/h4-10H,3H2,1-2H3. The van der Waals surface area contributed by atoms with Crippen LogP contribution in [0.25, 0.3) is 28.1 Å². The minimum absolute atomic E-state index is 0.0147. The average Bonchev–Trinajstić information content (AvgIpc) is 3.28. The highest BCUT2D eigenvalue weighted by molar-refractivity contribution is 7.91. The fourth-order valence-electron chi connectivity index (χ4n) is 3.14. The normalized spacial score (nSPS) is 12.6. The van der Waals surface area contributed by atoms with E-state index in [1.807, 2.05) is 0 Å². The molecule has 162 valence electrons. The van der Waals surface area contributed by atoms with Gasteiger partial charge in [0.15, 0.2) is 20.7 Å². The first kappa shape index (κ1) is 21.3. The Hall–Kier alpha value is -2.92. The molecule has 0 aliphatic carbocycles. The van der Waals surface area contributed by atoms with Crippen molar-refractivity contribution in [1.29, 1.82) is 0 Å². The third kappa shape index (κ3) is 3.79. The molecule has 4 rings (SSSR count). The minimum Gasteiger partial charge on any atom is -0.316 e. The molecule has 12 heteroatoms. The van der Waals surface area contributed by atoms with Crippen LogP contribution in [0.4, 0.5) is 13.2 Å². The van der Waals surface area contributed by atoms with Gasteiger partial charge < -0.3 is 4.57 Å². The highest BCUT2D eigenvalue weighted by Crippen LogP contribution is 2.31. The summed E-state index contributed by atoms with van der Waals surface area (Å²) in [5.41, 5.74) is -0.459. The number of fused-ring (bicyclic) bond motifs is 1. The van der Waals surface area contributed by atoms with Gasteiger partial charge in [0, 0.05) is 35.4 Å². The van der Waals surface area contributed by atoms with E-state index >= 15 is 0 Å². The lowest BCUT2D eigenvalue weighted by molar-refractivity contribution is -0.141. The molecule has 0 fully saturated rings. The lowest BCUT2D eigenvalue weighted by Gasteiger charge is -2.07. The van der Waals surface area contributed by atoms with E-state index in [1.54, 1.807) is 31.3 Å². The van der Waals surface area contributed by atoms with Gasteiger partial charge in [0.25, 0.3) is 0 Å². The molecule has 0 saturated carbocycles. The predicted molar refractivity (Wildman–Crippen MR) is 109 cm³/mol. The Kier molecular flexibility index (Phi) is 5.05. The summed E-state index contributed by atoms with van der Waals surface area (Å²) in [6, 6.07) is 7.48. The summed E-state index contributed by atoms with van der Waals surface area (Å²) in [7, 11) is -2.20. The van der Waals surface area contributed by atoms with Gasteiger partial charge in [-0.3, -0.25) is 4.98 Å². The quantitative estimate of drug-likeness (QED) is 0.445. The smallest absolute Gasteiger partial charge is 0.316 e. The van der Waals surface area contributed by atoms with Crippen LogP contribution in [-0.2, 0) is 23.1 Å². The van der Waals surface area contributed by atoms with Gasteiger partial charge in [0.2, 0.25) is 0 Å². The average molecular weight is 470 g/mol. The van der Waals surface area contributed by atoms with Crippen molar-refractivity contribution in [2.75, 3.05) is 5.75 Å². The van der Waals surface area contributed by atoms with Crippen LogP contribution in [0.3, 0.4) is 0 Å². The van der Waals surface area contributed by atoms with Crippen LogP contribution in [0.2, 0.25) is 5.02 Å². The summed E-state index contributed by atoms with van der Waals surface area (Å²) in [5, 5.41) is 4.86. The summed E-state index contributed by atoms with van der Waals surface area (Å²) in [5.74, 6) is 0.131. The molecule has 3 aromatic heterocycles. The van der Waals surface area contributed by atoms with Crippen LogP contribution in [0, 0.1) is 0 Å². The molecule has 4 aromatic rings. The Morgan fingerprint density at radius 3 is 2.45 bits per heavy atom. The molecular weight excluding hydrogens is 455 g/mol. The zero-order valence-corrected chi connectivity index (χ0v) is 17.8. The third-order valence-corrected chi connectivity index (χ3v) is 6.76. The van der Waals surface area contributed by atoms with Crippen LogP contribution in [0.15, 0.2) is 47.8 Å². The molecule has 0 bridgehead atoms. The van der Waals surface area contributed by atoms with E-state index in [-0.39, 0.29) is 22.1 Å². The summed E-state index contributed by atoms with van der Waals surface area (Å²) in [6.45, 7) is 1.49. The lowest BCUT2D eigenvalue weighted by atomic mass is 10.2. The zero-order chi connectivity index (χ0) is 22.6. The molecule has 0 radical (unpaired) electrons. The predicted octanol–water partition coefficient (Wildman–Crippen LogP) is 4.29. The molecule has 0 saturated heterocycles. The number of hydrogen-bond donors (Lipinski definition) is 0.